The van der Waals surface area contributed by atoms with Crippen molar-refractivity contribution in [1.29, 1.82) is 0 Å². The standard InChI is InChI=1S/C31H49NO3/c1-26(2)22-9-12-31(7)24(29(22,5)11-10-23(26)32)21(33)17-19-20-18-28(4,25(34)35-8)14-13-27(20,3)15-16-30(19,31)6/h17,20,22-24H,9-16,18,32H2,1-8H3/t20-,22?,23?,24+,27+,28-,29-,30+,31+/m0/s1. The summed E-state index contributed by atoms with van der Waals surface area (Å²) in [5.41, 5.74) is 7.68. The molecule has 0 aromatic heterocycles. The van der Waals surface area contributed by atoms with E-state index in [1.54, 1.807) is 0 Å². The second-order valence-electron chi connectivity index (χ2n) is 15.2. The van der Waals surface area contributed by atoms with Crippen molar-refractivity contribution in [2.24, 2.45) is 56.0 Å². The van der Waals surface area contributed by atoms with E-state index in [0.29, 0.717) is 11.7 Å². The van der Waals surface area contributed by atoms with Crippen LogP contribution in [0.1, 0.15) is 106 Å². The van der Waals surface area contributed by atoms with Gasteiger partial charge in [0.05, 0.1) is 12.5 Å². The van der Waals surface area contributed by atoms with Crippen LogP contribution < -0.4 is 5.73 Å². The van der Waals surface area contributed by atoms with Crippen LogP contribution in [0.25, 0.3) is 0 Å². The number of rotatable bonds is 1. The molecule has 4 fully saturated rings. The lowest BCUT2D eigenvalue weighted by Crippen LogP contribution is -2.67. The molecule has 0 amide bonds. The van der Waals surface area contributed by atoms with E-state index in [2.05, 4.69) is 54.5 Å². The Hall–Kier alpha value is -1.16. The van der Waals surface area contributed by atoms with E-state index >= 15 is 0 Å². The highest BCUT2D eigenvalue weighted by molar-refractivity contribution is 5.95. The fourth-order valence-corrected chi connectivity index (χ4v) is 10.6. The van der Waals surface area contributed by atoms with Crippen LogP contribution in [0, 0.1) is 50.2 Å². The molecule has 0 aliphatic heterocycles. The first kappa shape index (κ1) is 25.5. The Bertz CT molecular complexity index is 984. The van der Waals surface area contributed by atoms with Gasteiger partial charge >= 0.3 is 5.97 Å². The van der Waals surface area contributed by atoms with E-state index in [1.807, 2.05) is 0 Å². The number of carbonyl (C=O) groups excluding carboxylic acids is 2. The highest BCUT2D eigenvalue weighted by atomic mass is 16.5. The van der Waals surface area contributed by atoms with Crippen molar-refractivity contribution >= 4 is 11.8 Å². The quantitative estimate of drug-likeness (QED) is 0.434. The van der Waals surface area contributed by atoms with Crippen molar-refractivity contribution in [2.45, 2.75) is 112 Å². The van der Waals surface area contributed by atoms with Crippen molar-refractivity contribution in [3.05, 3.63) is 11.6 Å². The lowest BCUT2D eigenvalue weighted by atomic mass is 9.33. The van der Waals surface area contributed by atoms with Gasteiger partial charge in [-0.25, -0.2) is 0 Å². The lowest BCUT2D eigenvalue weighted by molar-refractivity contribution is -0.188. The largest absolute Gasteiger partial charge is 0.469 e. The fraction of sp³-hybridized carbons (Fsp3) is 0.871. The molecule has 0 saturated heterocycles. The van der Waals surface area contributed by atoms with Crippen LogP contribution in [0.15, 0.2) is 11.6 Å². The van der Waals surface area contributed by atoms with Gasteiger partial charge in [0.1, 0.15) is 0 Å². The van der Waals surface area contributed by atoms with E-state index in [4.69, 9.17) is 10.5 Å². The van der Waals surface area contributed by atoms with Crippen LogP contribution in [0.2, 0.25) is 0 Å². The van der Waals surface area contributed by atoms with Crippen molar-refractivity contribution in [3.63, 3.8) is 0 Å². The number of nitrogens with two attached hydrogens (primary N) is 1. The molecule has 196 valence electrons. The third-order valence-electron chi connectivity index (χ3n) is 13.4. The molecular formula is C31H49NO3. The minimum atomic E-state index is -0.466. The fourth-order valence-electron chi connectivity index (χ4n) is 10.6. The predicted octanol–water partition coefficient (Wildman–Crippen LogP) is 6.47. The van der Waals surface area contributed by atoms with E-state index in [9.17, 15) is 9.59 Å². The summed E-state index contributed by atoms with van der Waals surface area (Å²) in [6.07, 6.45) is 11.4. The van der Waals surface area contributed by atoms with Crippen LogP contribution in [0.3, 0.4) is 0 Å². The molecule has 2 N–H and O–H groups in total. The van der Waals surface area contributed by atoms with E-state index in [0.717, 1.165) is 51.4 Å². The summed E-state index contributed by atoms with van der Waals surface area (Å²) < 4.78 is 5.26. The SMILES string of the molecule is COC(=O)[C@@]1(C)CC[C@]2(C)CC[C@]3(C)C(=CC(=O)[C@@H]4[C@@]5(C)CCC(N)C(C)(C)C5CC[C@]43C)[C@@H]2C1. The molecule has 0 spiro atoms. The second kappa shape index (κ2) is 7.45. The van der Waals surface area contributed by atoms with Gasteiger partial charge < -0.3 is 10.5 Å². The van der Waals surface area contributed by atoms with Crippen molar-refractivity contribution < 1.29 is 14.3 Å². The highest BCUT2D eigenvalue weighted by Gasteiger charge is 2.70. The maximum absolute atomic E-state index is 14.3. The number of hydrogen-bond acceptors (Lipinski definition) is 4. The van der Waals surface area contributed by atoms with Crippen LogP contribution in [0.5, 0.6) is 0 Å². The Morgan fingerprint density at radius 2 is 1.60 bits per heavy atom. The number of esters is 1. The Balaban J connectivity index is 1.61. The molecule has 4 saturated carbocycles. The molecule has 4 nitrogen and oxygen atoms in total. The molecule has 5 rings (SSSR count). The topological polar surface area (TPSA) is 69.4 Å². The maximum atomic E-state index is 14.3. The number of carbonyl (C=O) groups is 2. The normalized spacial score (nSPS) is 52.8. The van der Waals surface area contributed by atoms with E-state index < -0.39 is 5.41 Å². The molecule has 35 heavy (non-hydrogen) atoms. The smallest absolute Gasteiger partial charge is 0.311 e. The molecule has 0 aromatic rings. The molecule has 9 atom stereocenters. The number of ether oxygens (including phenoxy) is 1. The molecular weight excluding hydrogens is 434 g/mol. The summed E-state index contributed by atoms with van der Waals surface area (Å²) in [4.78, 5) is 27.1. The number of hydrogen-bond donors (Lipinski definition) is 1. The van der Waals surface area contributed by atoms with Gasteiger partial charge in [0.2, 0.25) is 0 Å². The zero-order valence-corrected chi connectivity index (χ0v) is 23.6. The van der Waals surface area contributed by atoms with Crippen LogP contribution in [-0.4, -0.2) is 24.9 Å². The Morgan fingerprint density at radius 1 is 0.943 bits per heavy atom. The summed E-state index contributed by atoms with van der Waals surface area (Å²) in [5.74, 6) is 1.06. The third kappa shape index (κ3) is 3.07. The molecule has 0 radical (unpaired) electrons. The predicted molar refractivity (Wildman–Crippen MR) is 139 cm³/mol. The Kier molecular flexibility index (Phi) is 5.43. The minimum absolute atomic E-state index is 0.0116. The first-order valence-corrected chi connectivity index (χ1v) is 14.2. The molecule has 2 unspecified atom stereocenters. The number of ketones is 1. The summed E-state index contributed by atoms with van der Waals surface area (Å²) in [5, 5.41) is 0. The van der Waals surface area contributed by atoms with Crippen LogP contribution in [0.4, 0.5) is 0 Å². The van der Waals surface area contributed by atoms with Crippen LogP contribution in [-0.2, 0) is 14.3 Å². The molecule has 0 aromatic carbocycles. The minimum Gasteiger partial charge on any atom is -0.469 e. The van der Waals surface area contributed by atoms with E-state index in [1.165, 1.54) is 19.1 Å². The number of fused-ring (bicyclic) bond motifs is 7. The van der Waals surface area contributed by atoms with E-state index in [-0.39, 0.29) is 50.9 Å². The zero-order valence-electron chi connectivity index (χ0n) is 23.6. The van der Waals surface area contributed by atoms with Gasteiger partial charge in [-0.2, -0.15) is 0 Å². The number of methoxy groups -OCH3 is 1. The third-order valence-corrected chi connectivity index (χ3v) is 13.4. The van der Waals surface area contributed by atoms with Crippen molar-refractivity contribution in [1.82, 2.24) is 0 Å². The first-order chi connectivity index (χ1) is 16.1. The zero-order chi connectivity index (χ0) is 25.8. The molecule has 4 heteroatoms. The van der Waals surface area contributed by atoms with Gasteiger partial charge in [0.15, 0.2) is 5.78 Å². The van der Waals surface area contributed by atoms with Crippen LogP contribution >= 0.6 is 0 Å². The molecule has 0 bridgehead atoms. The van der Waals surface area contributed by atoms with Gasteiger partial charge in [-0.05, 0) is 110 Å². The van der Waals surface area contributed by atoms with Crippen molar-refractivity contribution in [2.75, 3.05) is 7.11 Å². The second-order valence-corrected chi connectivity index (χ2v) is 15.2. The average Bonchev–Trinajstić information content (AvgIpc) is 2.78. The molecule has 5 aliphatic rings. The molecule has 5 aliphatic carbocycles. The van der Waals surface area contributed by atoms with Gasteiger partial charge in [-0.3, -0.25) is 9.59 Å². The average molecular weight is 484 g/mol. The summed E-state index contributed by atoms with van der Waals surface area (Å²) in [7, 11) is 1.51. The summed E-state index contributed by atoms with van der Waals surface area (Å²) >= 11 is 0. The lowest BCUT2D eigenvalue weighted by Gasteiger charge is -2.70. The monoisotopic (exact) mass is 483 g/mol. The Labute approximate surface area is 213 Å². The van der Waals surface area contributed by atoms with Gasteiger partial charge in [0, 0.05) is 12.0 Å². The van der Waals surface area contributed by atoms with Gasteiger partial charge in [0.25, 0.3) is 0 Å². The summed E-state index contributed by atoms with van der Waals surface area (Å²) in [6, 6.07) is 0.207. The Morgan fingerprint density at radius 3 is 2.26 bits per heavy atom. The number of allylic oxidation sites excluding steroid dienone is 2. The van der Waals surface area contributed by atoms with Gasteiger partial charge in [-0.15, -0.1) is 0 Å². The summed E-state index contributed by atoms with van der Waals surface area (Å²) in [6.45, 7) is 16.6. The highest BCUT2D eigenvalue weighted by Crippen LogP contribution is 2.75. The molecule has 0 heterocycles. The maximum Gasteiger partial charge on any atom is 0.311 e. The van der Waals surface area contributed by atoms with Crippen molar-refractivity contribution in [3.8, 4) is 0 Å². The van der Waals surface area contributed by atoms with Gasteiger partial charge in [-0.1, -0.05) is 47.1 Å². The first-order valence-electron chi connectivity index (χ1n) is 14.2.